The van der Waals surface area contributed by atoms with Crippen molar-refractivity contribution in [3.63, 3.8) is 0 Å². The zero-order valence-corrected chi connectivity index (χ0v) is 14.1. The van der Waals surface area contributed by atoms with E-state index in [-0.39, 0.29) is 6.61 Å². The highest BCUT2D eigenvalue weighted by Crippen LogP contribution is 2.37. The highest BCUT2D eigenvalue weighted by molar-refractivity contribution is 5.77. The summed E-state index contributed by atoms with van der Waals surface area (Å²) in [4.78, 5) is 0. The molecule has 24 heavy (non-hydrogen) atoms. The summed E-state index contributed by atoms with van der Waals surface area (Å²) < 4.78 is 6.00. The van der Waals surface area contributed by atoms with Crippen LogP contribution in [0.1, 0.15) is 17.2 Å². The number of nitriles is 1. The minimum Gasteiger partial charge on any atom is -0.485 e. The summed E-state index contributed by atoms with van der Waals surface area (Å²) in [6.45, 7) is 0.247. The van der Waals surface area contributed by atoms with Crippen molar-refractivity contribution in [2.24, 2.45) is 0 Å². The highest BCUT2D eigenvalue weighted by Gasteiger charge is 2.14. The van der Waals surface area contributed by atoms with E-state index in [9.17, 15) is 5.11 Å². The van der Waals surface area contributed by atoms with Gasteiger partial charge in [0.25, 0.3) is 0 Å². The fourth-order valence-corrected chi connectivity index (χ4v) is 2.45. The molecular weight excluding hydrogens is 304 g/mol. The van der Waals surface area contributed by atoms with Gasteiger partial charge in [-0.25, -0.2) is 0 Å². The molecule has 0 aliphatic rings. The molecule has 0 aliphatic carbocycles. The second-order valence-electron chi connectivity index (χ2n) is 5.17. The van der Waals surface area contributed by atoms with Crippen molar-refractivity contribution in [2.45, 2.75) is 12.7 Å². The first kappa shape index (κ1) is 17.4. The van der Waals surface area contributed by atoms with Crippen LogP contribution in [0.3, 0.4) is 0 Å². The molecule has 0 amide bonds. The monoisotopic (exact) mass is 326 g/mol. The van der Waals surface area contributed by atoms with Gasteiger partial charge in [-0.15, -0.1) is 0 Å². The molecule has 0 saturated heterocycles. The van der Waals surface area contributed by atoms with Gasteiger partial charge in [0, 0.05) is 32.4 Å². The van der Waals surface area contributed by atoms with Crippen molar-refractivity contribution in [3.8, 4) is 11.8 Å². The van der Waals surface area contributed by atoms with Crippen molar-refractivity contribution in [3.05, 3.63) is 47.5 Å². The maximum Gasteiger partial charge on any atom is 0.166 e. The summed E-state index contributed by atoms with van der Waals surface area (Å²) in [7, 11) is 5.51. The van der Waals surface area contributed by atoms with Crippen LogP contribution in [0.15, 0.2) is 36.4 Å². The fraction of sp³-hybridized carbons (Fsp3) is 0.278. The molecule has 0 saturated carbocycles. The Bertz CT molecular complexity index is 715. The molecule has 0 unspecified atom stereocenters. The van der Waals surface area contributed by atoms with E-state index in [4.69, 9.17) is 10.00 Å². The van der Waals surface area contributed by atoms with E-state index < -0.39 is 6.10 Å². The smallest absolute Gasteiger partial charge is 0.166 e. The van der Waals surface area contributed by atoms with Crippen LogP contribution >= 0.6 is 0 Å². The number of hydrogen-bond acceptors (Lipinski definition) is 6. The Morgan fingerprint density at radius 1 is 1.08 bits per heavy atom. The lowest BCUT2D eigenvalue weighted by Gasteiger charge is -2.18. The van der Waals surface area contributed by atoms with Gasteiger partial charge in [0.05, 0.1) is 17.4 Å². The average molecular weight is 326 g/mol. The maximum absolute atomic E-state index is 9.83. The molecule has 0 aliphatic heterocycles. The van der Waals surface area contributed by atoms with Crippen molar-refractivity contribution < 1.29 is 9.84 Å². The largest absolute Gasteiger partial charge is 0.485 e. The van der Waals surface area contributed by atoms with Crippen LogP contribution in [0.25, 0.3) is 0 Å². The number of hydrogen-bond donors (Lipinski definition) is 4. The van der Waals surface area contributed by atoms with Crippen LogP contribution in [0.2, 0.25) is 0 Å². The number of aliphatic hydroxyl groups excluding tert-OH is 1. The second kappa shape index (κ2) is 8.09. The molecule has 6 nitrogen and oxygen atoms in total. The summed E-state index contributed by atoms with van der Waals surface area (Å²) in [6, 6.07) is 13.0. The summed E-state index contributed by atoms with van der Waals surface area (Å²) in [6.07, 6.45) is -1.16. The second-order valence-corrected chi connectivity index (χ2v) is 5.17. The maximum atomic E-state index is 9.83. The van der Waals surface area contributed by atoms with Crippen molar-refractivity contribution in [1.82, 2.24) is 0 Å². The Labute approximate surface area is 142 Å². The Hall–Kier alpha value is -2.91. The first-order valence-corrected chi connectivity index (χ1v) is 7.64. The Morgan fingerprint density at radius 3 is 2.25 bits per heavy atom. The highest BCUT2D eigenvalue weighted by atomic mass is 16.5. The lowest BCUT2D eigenvalue weighted by Crippen LogP contribution is -2.07. The van der Waals surface area contributed by atoms with E-state index in [1.807, 2.05) is 51.5 Å². The van der Waals surface area contributed by atoms with Gasteiger partial charge in [-0.3, -0.25) is 0 Å². The van der Waals surface area contributed by atoms with Gasteiger partial charge in [-0.05, 0) is 17.7 Å². The van der Waals surface area contributed by atoms with Crippen molar-refractivity contribution in [1.29, 1.82) is 5.26 Å². The van der Waals surface area contributed by atoms with E-state index in [2.05, 4.69) is 16.0 Å². The van der Waals surface area contributed by atoms with E-state index in [1.165, 1.54) is 0 Å². The van der Waals surface area contributed by atoms with Crippen LogP contribution in [-0.4, -0.2) is 26.2 Å². The number of ether oxygens (including phenoxy) is 1. The molecule has 0 aromatic heterocycles. The number of aliphatic hydroxyl groups is 1. The molecule has 2 aromatic carbocycles. The van der Waals surface area contributed by atoms with Gasteiger partial charge in [0.1, 0.15) is 6.61 Å². The minimum atomic E-state index is -1.16. The lowest BCUT2D eigenvalue weighted by molar-refractivity contribution is 0.230. The predicted molar refractivity (Wildman–Crippen MR) is 96.4 cm³/mol. The SMILES string of the molecule is CNc1cc(NC)c(OCc2ccccc2[C@@H](O)C#N)c(NC)c1. The zero-order valence-electron chi connectivity index (χ0n) is 14.1. The molecule has 0 spiro atoms. The van der Waals surface area contributed by atoms with E-state index in [1.54, 1.807) is 12.1 Å². The molecule has 0 fully saturated rings. The summed E-state index contributed by atoms with van der Waals surface area (Å²) in [5.74, 6) is 0.681. The molecule has 6 heteroatoms. The van der Waals surface area contributed by atoms with Crippen LogP contribution in [0.4, 0.5) is 17.1 Å². The fourth-order valence-electron chi connectivity index (χ4n) is 2.45. The third kappa shape index (κ3) is 3.70. The zero-order chi connectivity index (χ0) is 17.5. The molecule has 4 N–H and O–H groups in total. The summed E-state index contributed by atoms with van der Waals surface area (Å²) in [5, 5.41) is 28.1. The standard InChI is InChI=1S/C18H22N4O2/c1-20-13-8-15(21-2)18(16(9-13)22-3)24-11-12-6-4-5-7-14(12)17(23)10-19/h4-9,17,20-23H,11H2,1-3H3/t17-/m0/s1. The van der Waals surface area contributed by atoms with Gasteiger partial charge in [0.2, 0.25) is 0 Å². The average Bonchev–Trinajstić information content (AvgIpc) is 2.65. The van der Waals surface area contributed by atoms with Crippen molar-refractivity contribution >= 4 is 17.1 Å². The van der Waals surface area contributed by atoms with Crippen LogP contribution < -0.4 is 20.7 Å². The van der Waals surface area contributed by atoms with Crippen LogP contribution in [-0.2, 0) is 6.61 Å². The molecule has 1 atom stereocenters. The quantitative estimate of drug-likeness (QED) is 0.585. The molecular formula is C18H22N4O2. The van der Waals surface area contributed by atoms with Gasteiger partial charge >= 0.3 is 0 Å². The van der Waals surface area contributed by atoms with E-state index >= 15 is 0 Å². The molecule has 0 bridgehead atoms. The third-order valence-corrected chi connectivity index (χ3v) is 3.76. The van der Waals surface area contributed by atoms with Crippen LogP contribution in [0, 0.1) is 11.3 Å². The van der Waals surface area contributed by atoms with Gasteiger partial charge < -0.3 is 25.8 Å². The molecule has 2 rings (SSSR count). The Balaban J connectivity index is 2.32. The molecule has 0 radical (unpaired) electrons. The number of anilines is 3. The first-order valence-electron chi connectivity index (χ1n) is 7.64. The molecule has 126 valence electrons. The van der Waals surface area contributed by atoms with E-state index in [0.717, 1.165) is 22.6 Å². The van der Waals surface area contributed by atoms with Gasteiger partial charge in [-0.2, -0.15) is 5.26 Å². The number of benzene rings is 2. The van der Waals surface area contributed by atoms with Gasteiger partial charge in [-0.1, -0.05) is 24.3 Å². The van der Waals surface area contributed by atoms with Crippen molar-refractivity contribution in [2.75, 3.05) is 37.1 Å². The van der Waals surface area contributed by atoms with Crippen LogP contribution in [0.5, 0.6) is 5.75 Å². The summed E-state index contributed by atoms with van der Waals surface area (Å²) in [5.41, 5.74) is 3.96. The Morgan fingerprint density at radius 2 is 1.71 bits per heavy atom. The molecule has 2 aromatic rings. The first-order chi connectivity index (χ1) is 11.6. The third-order valence-electron chi connectivity index (χ3n) is 3.76. The van der Waals surface area contributed by atoms with Gasteiger partial charge in [0.15, 0.2) is 11.9 Å². The minimum absolute atomic E-state index is 0.247. The lowest BCUT2D eigenvalue weighted by atomic mass is 10.0. The molecule has 0 heterocycles. The number of rotatable bonds is 7. The number of nitrogens with one attached hydrogen (secondary N) is 3. The Kier molecular flexibility index (Phi) is 5.88. The number of nitrogens with zero attached hydrogens (tertiary/aromatic N) is 1. The topological polar surface area (TPSA) is 89.3 Å². The normalized spacial score (nSPS) is 11.3. The van der Waals surface area contributed by atoms with E-state index in [0.29, 0.717) is 11.3 Å². The predicted octanol–water partition coefficient (Wildman–Crippen LogP) is 2.95. The summed E-state index contributed by atoms with van der Waals surface area (Å²) >= 11 is 0.